The average molecular weight is 314 g/mol. The van der Waals surface area contributed by atoms with Crippen LogP contribution in [0.25, 0.3) is 0 Å². The molecule has 0 aliphatic carbocycles. The zero-order valence-corrected chi connectivity index (χ0v) is 12.1. The molecule has 3 nitrogen and oxygen atoms in total. The minimum atomic E-state index is -3.40. The lowest BCUT2D eigenvalue weighted by molar-refractivity contribution is 0.596. The van der Waals surface area contributed by atoms with Crippen LogP contribution in [0.1, 0.15) is 0 Å². The molecule has 0 aromatic heterocycles. The Morgan fingerprint density at radius 1 is 1.05 bits per heavy atom. The van der Waals surface area contributed by atoms with Crippen LogP contribution in [0.3, 0.4) is 0 Å². The number of nitrogens with one attached hydrogen (secondary N) is 1. The van der Waals surface area contributed by atoms with Crippen molar-refractivity contribution < 1.29 is 12.8 Å². The Kier molecular flexibility index (Phi) is 4.62. The number of sulfone groups is 1. The summed E-state index contributed by atoms with van der Waals surface area (Å²) in [6.45, 7) is 0.131. The molecule has 0 saturated carbocycles. The van der Waals surface area contributed by atoms with Gasteiger partial charge in [0.2, 0.25) is 0 Å². The molecule has 0 spiro atoms. The van der Waals surface area contributed by atoms with E-state index in [-0.39, 0.29) is 17.2 Å². The predicted molar refractivity (Wildman–Crippen MR) is 78.4 cm³/mol. The largest absolute Gasteiger partial charge is 0.382 e. The number of halogens is 2. The second kappa shape index (κ2) is 6.24. The Hall–Kier alpha value is -1.59. The Bertz CT molecular complexity index is 687. The van der Waals surface area contributed by atoms with Crippen LogP contribution in [0.15, 0.2) is 53.4 Å². The normalized spacial score (nSPS) is 11.3. The summed E-state index contributed by atoms with van der Waals surface area (Å²) in [7, 11) is -3.40. The standard InChI is InChI=1S/C14H13ClFNO2S/c15-11-5-7-12(8-6-11)20(18,19)10-9-17-14-4-2-1-3-13(14)16/h1-8,17H,9-10H2. The first-order valence-corrected chi connectivity index (χ1v) is 7.99. The maximum absolute atomic E-state index is 13.4. The van der Waals surface area contributed by atoms with E-state index < -0.39 is 15.7 Å². The number of benzene rings is 2. The fourth-order valence-electron chi connectivity index (χ4n) is 1.68. The summed E-state index contributed by atoms with van der Waals surface area (Å²) in [6, 6.07) is 12.1. The predicted octanol–water partition coefficient (Wildman–Crippen LogP) is 3.36. The Morgan fingerprint density at radius 3 is 2.35 bits per heavy atom. The topological polar surface area (TPSA) is 46.2 Å². The quantitative estimate of drug-likeness (QED) is 0.920. The summed E-state index contributed by atoms with van der Waals surface area (Å²) >= 11 is 5.71. The third-order valence-corrected chi connectivity index (χ3v) is 4.72. The lowest BCUT2D eigenvalue weighted by Gasteiger charge is -2.08. The van der Waals surface area contributed by atoms with Crippen LogP contribution in [-0.4, -0.2) is 20.7 Å². The highest BCUT2D eigenvalue weighted by molar-refractivity contribution is 7.91. The van der Waals surface area contributed by atoms with Gasteiger partial charge in [-0.15, -0.1) is 0 Å². The van der Waals surface area contributed by atoms with Crippen LogP contribution in [0.5, 0.6) is 0 Å². The van der Waals surface area contributed by atoms with E-state index in [2.05, 4.69) is 5.32 Å². The summed E-state index contributed by atoms with van der Waals surface area (Å²) in [5.74, 6) is -0.528. The fraction of sp³-hybridized carbons (Fsp3) is 0.143. The second-order valence-corrected chi connectivity index (χ2v) is 6.72. The van der Waals surface area contributed by atoms with Crippen LogP contribution in [0.4, 0.5) is 10.1 Å². The van der Waals surface area contributed by atoms with Gasteiger partial charge in [-0.1, -0.05) is 23.7 Å². The van der Waals surface area contributed by atoms with Crippen molar-refractivity contribution in [2.75, 3.05) is 17.6 Å². The first-order chi connectivity index (χ1) is 9.49. The van der Waals surface area contributed by atoms with Crippen LogP contribution in [0.2, 0.25) is 5.02 Å². The third kappa shape index (κ3) is 3.71. The zero-order chi connectivity index (χ0) is 14.6. The number of hydrogen-bond acceptors (Lipinski definition) is 3. The van der Waals surface area contributed by atoms with Crippen molar-refractivity contribution in [3.8, 4) is 0 Å². The molecule has 2 aromatic rings. The van der Waals surface area contributed by atoms with Crippen LogP contribution in [-0.2, 0) is 9.84 Å². The van der Waals surface area contributed by atoms with E-state index in [4.69, 9.17) is 11.6 Å². The molecular weight excluding hydrogens is 301 g/mol. The van der Waals surface area contributed by atoms with Gasteiger partial charge in [0.15, 0.2) is 9.84 Å². The maximum Gasteiger partial charge on any atom is 0.180 e. The van der Waals surface area contributed by atoms with Gasteiger partial charge in [-0.05, 0) is 36.4 Å². The smallest absolute Gasteiger partial charge is 0.180 e. The molecular formula is C14H13ClFNO2S. The SMILES string of the molecule is O=S(=O)(CCNc1ccccc1F)c1ccc(Cl)cc1. The molecule has 0 bridgehead atoms. The summed E-state index contributed by atoms with van der Waals surface area (Å²) in [4.78, 5) is 0.206. The van der Waals surface area contributed by atoms with E-state index >= 15 is 0 Å². The molecule has 0 aliphatic rings. The van der Waals surface area contributed by atoms with E-state index in [9.17, 15) is 12.8 Å². The van der Waals surface area contributed by atoms with Gasteiger partial charge in [-0.2, -0.15) is 0 Å². The number of para-hydroxylation sites is 1. The van der Waals surface area contributed by atoms with Crippen molar-refractivity contribution in [2.45, 2.75) is 4.90 Å². The lowest BCUT2D eigenvalue weighted by atomic mass is 10.3. The van der Waals surface area contributed by atoms with Gasteiger partial charge in [0.25, 0.3) is 0 Å². The van der Waals surface area contributed by atoms with E-state index in [0.717, 1.165) is 0 Å². The summed E-state index contributed by atoms with van der Waals surface area (Å²) in [6.07, 6.45) is 0. The van der Waals surface area contributed by atoms with E-state index in [1.807, 2.05) is 0 Å². The molecule has 0 atom stereocenters. The van der Waals surface area contributed by atoms with E-state index in [1.165, 1.54) is 30.3 Å². The molecule has 106 valence electrons. The average Bonchev–Trinajstić information content (AvgIpc) is 2.41. The summed E-state index contributed by atoms with van der Waals surface area (Å²) in [5, 5.41) is 3.25. The highest BCUT2D eigenvalue weighted by atomic mass is 35.5. The molecule has 2 rings (SSSR count). The summed E-state index contributed by atoms with van der Waals surface area (Å²) in [5.41, 5.74) is 0.291. The van der Waals surface area contributed by atoms with Crippen LogP contribution in [0, 0.1) is 5.82 Å². The van der Waals surface area contributed by atoms with Gasteiger partial charge in [-0.25, -0.2) is 12.8 Å². The van der Waals surface area contributed by atoms with Gasteiger partial charge in [0.1, 0.15) is 5.82 Å². The van der Waals surface area contributed by atoms with Crippen molar-refractivity contribution >= 4 is 27.1 Å². The minimum absolute atomic E-state index is 0.122. The highest BCUT2D eigenvalue weighted by Crippen LogP contribution is 2.16. The Balaban J connectivity index is 2.00. The molecule has 0 fully saturated rings. The third-order valence-electron chi connectivity index (χ3n) is 2.73. The van der Waals surface area contributed by atoms with Crippen molar-refractivity contribution in [1.82, 2.24) is 0 Å². The van der Waals surface area contributed by atoms with Gasteiger partial charge in [0, 0.05) is 11.6 Å². The molecule has 1 N–H and O–H groups in total. The molecule has 0 heterocycles. The molecule has 20 heavy (non-hydrogen) atoms. The molecule has 6 heteroatoms. The zero-order valence-electron chi connectivity index (χ0n) is 10.5. The van der Waals surface area contributed by atoms with Gasteiger partial charge in [-0.3, -0.25) is 0 Å². The van der Waals surface area contributed by atoms with Gasteiger partial charge in [0.05, 0.1) is 16.3 Å². The number of rotatable bonds is 5. The monoisotopic (exact) mass is 313 g/mol. The Morgan fingerprint density at radius 2 is 1.70 bits per heavy atom. The minimum Gasteiger partial charge on any atom is -0.382 e. The van der Waals surface area contributed by atoms with Crippen LogP contribution >= 0.6 is 11.6 Å². The van der Waals surface area contributed by atoms with Crippen molar-refractivity contribution in [2.24, 2.45) is 0 Å². The van der Waals surface area contributed by atoms with Gasteiger partial charge < -0.3 is 5.32 Å². The molecule has 2 aromatic carbocycles. The molecule has 0 aliphatic heterocycles. The van der Waals surface area contributed by atoms with Gasteiger partial charge >= 0.3 is 0 Å². The first-order valence-electron chi connectivity index (χ1n) is 5.96. The van der Waals surface area contributed by atoms with E-state index in [1.54, 1.807) is 18.2 Å². The maximum atomic E-state index is 13.4. The summed E-state index contributed by atoms with van der Waals surface area (Å²) < 4.78 is 37.4. The highest BCUT2D eigenvalue weighted by Gasteiger charge is 2.14. The molecule has 0 amide bonds. The van der Waals surface area contributed by atoms with Crippen molar-refractivity contribution in [1.29, 1.82) is 0 Å². The first kappa shape index (κ1) is 14.8. The lowest BCUT2D eigenvalue weighted by Crippen LogP contribution is -2.16. The van der Waals surface area contributed by atoms with Crippen molar-refractivity contribution in [3.05, 3.63) is 59.4 Å². The van der Waals surface area contributed by atoms with Crippen molar-refractivity contribution in [3.63, 3.8) is 0 Å². The number of hydrogen-bond donors (Lipinski definition) is 1. The second-order valence-electron chi connectivity index (χ2n) is 4.18. The number of anilines is 1. The molecule has 0 radical (unpaired) electrons. The van der Waals surface area contributed by atoms with Crippen LogP contribution < -0.4 is 5.32 Å². The molecule has 0 unspecified atom stereocenters. The molecule has 0 saturated heterocycles. The Labute approximate surface area is 122 Å². The van der Waals surface area contributed by atoms with E-state index in [0.29, 0.717) is 10.7 Å². The fourth-order valence-corrected chi connectivity index (χ4v) is 2.97.